The molecule has 0 aliphatic heterocycles. The largest absolute Gasteiger partial charge is 0.511 e. The predicted octanol–water partition coefficient (Wildman–Crippen LogP) is 4.44. The first-order valence-electron chi connectivity index (χ1n) is 13.8. The molecular formula is C29H32ClFN4O8. The highest BCUT2D eigenvalue weighted by atomic mass is 35.5. The first kappa shape index (κ1) is 31.7. The summed E-state index contributed by atoms with van der Waals surface area (Å²) in [6, 6.07) is 10.2. The van der Waals surface area contributed by atoms with E-state index in [9.17, 15) is 29.1 Å². The maximum atomic E-state index is 14.3. The molecule has 0 bridgehead atoms. The Morgan fingerprint density at radius 3 is 2.51 bits per heavy atom. The van der Waals surface area contributed by atoms with Crippen molar-refractivity contribution in [1.82, 2.24) is 20.5 Å². The fourth-order valence-electron chi connectivity index (χ4n) is 4.75. The molecule has 3 N–H and O–H groups in total. The molecular weight excluding hydrogens is 587 g/mol. The molecule has 1 aliphatic carbocycles. The summed E-state index contributed by atoms with van der Waals surface area (Å²) in [7, 11) is 0. The number of amides is 1. The topological polar surface area (TPSA) is 162 Å². The molecule has 14 heteroatoms. The summed E-state index contributed by atoms with van der Waals surface area (Å²) >= 11 is 6.01. The number of aliphatic hydroxyl groups excluding tert-OH is 1. The number of nitrogens with zero attached hydrogens (tertiary/aromatic N) is 3. The lowest BCUT2D eigenvalue weighted by Crippen LogP contribution is -2.41. The van der Waals surface area contributed by atoms with Crippen LogP contribution in [0.15, 0.2) is 48.7 Å². The van der Waals surface area contributed by atoms with Gasteiger partial charge in [0.15, 0.2) is 11.8 Å². The van der Waals surface area contributed by atoms with Crippen LogP contribution in [0.3, 0.4) is 0 Å². The minimum absolute atomic E-state index is 0.140. The van der Waals surface area contributed by atoms with E-state index in [1.54, 1.807) is 24.3 Å². The van der Waals surface area contributed by atoms with Crippen molar-refractivity contribution in [1.29, 1.82) is 0 Å². The Bertz CT molecular complexity index is 1410. The number of aromatic nitrogens is 3. The third kappa shape index (κ3) is 9.38. The number of ether oxygens (including phenoxy) is 3. The van der Waals surface area contributed by atoms with Gasteiger partial charge < -0.3 is 29.8 Å². The summed E-state index contributed by atoms with van der Waals surface area (Å²) in [6.07, 6.45) is 1.05. The van der Waals surface area contributed by atoms with Gasteiger partial charge in [0.1, 0.15) is 11.9 Å². The summed E-state index contributed by atoms with van der Waals surface area (Å²) in [5.41, 5.74) is 1.37. The summed E-state index contributed by atoms with van der Waals surface area (Å²) in [5, 5.41) is 29.9. The Balaban J connectivity index is 1.39. The van der Waals surface area contributed by atoms with Gasteiger partial charge >= 0.3 is 12.1 Å². The van der Waals surface area contributed by atoms with Crippen molar-refractivity contribution in [2.45, 2.75) is 76.4 Å². The number of benzene rings is 2. The van der Waals surface area contributed by atoms with E-state index in [2.05, 4.69) is 15.6 Å². The molecule has 3 atom stereocenters. The smallest absolute Gasteiger partial charge is 0.431 e. The molecule has 3 aromatic rings. The third-order valence-corrected chi connectivity index (χ3v) is 7.10. The van der Waals surface area contributed by atoms with Crippen molar-refractivity contribution in [3.63, 3.8) is 0 Å². The number of esters is 1. The minimum atomic E-state index is -1.71. The number of rotatable bonds is 11. The molecule has 0 spiro atoms. The Kier molecular flexibility index (Phi) is 10.9. The second-order valence-corrected chi connectivity index (χ2v) is 10.7. The van der Waals surface area contributed by atoms with Crippen molar-refractivity contribution in [2.75, 3.05) is 0 Å². The van der Waals surface area contributed by atoms with Crippen LogP contribution < -0.4 is 5.32 Å². The van der Waals surface area contributed by atoms with E-state index in [-0.39, 0.29) is 24.6 Å². The van der Waals surface area contributed by atoms with Gasteiger partial charge in [-0.05, 0) is 66.6 Å². The molecule has 1 amide bonds. The Hall–Kier alpha value is -4.23. The Morgan fingerprint density at radius 2 is 1.84 bits per heavy atom. The molecule has 1 aliphatic rings. The zero-order chi connectivity index (χ0) is 30.9. The SMILES string of the molecule is CC(OC(=O)OC1CCCCC1)OC(=O)[C@H](O)C[C@@H](Cc1ccc(-c2cc(Cl)ccc2F)cc1)NC(=O)c1cn(O)nn1. The molecule has 0 radical (unpaired) electrons. The second-order valence-electron chi connectivity index (χ2n) is 10.2. The van der Waals surface area contributed by atoms with Gasteiger partial charge in [-0.3, -0.25) is 4.79 Å². The predicted molar refractivity (Wildman–Crippen MR) is 150 cm³/mol. The first-order chi connectivity index (χ1) is 20.6. The Morgan fingerprint density at radius 1 is 1.12 bits per heavy atom. The van der Waals surface area contributed by atoms with E-state index in [4.69, 9.17) is 25.8 Å². The zero-order valence-electron chi connectivity index (χ0n) is 23.3. The van der Waals surface area contributed by atoms with Gasteiger partial charge in [-0.15, -0.1) is 5.10 Å². The van der Waals surface area contributed by atoms with E-state index in [0.717, 1.165) is 38.3 Å². The maximum absolute atomic E-state index is 14.3. The van der Waals surface area contributed by atoms with E-state index < -0.39 is 42.3 Å². The van der Waals surface area contributed by atoms with Gasteiger partial charge in [0, 0.05) is 30.0 Å². The van der Waals surface area contributed by atoms with Gasteiger partial charge in [0.2, 0.25) is 6.29 Å². The molecule has 1 unspecified atom stereocenters. The van der Waals surface area contributed by atoms with Crippen molar-refractivity contribution >= 4 is 29.6 Å². The molecule has 2 aromatic carbocycles. The lowest BCUT2D eigenvalue weighted by Gasteiger charge is -2.23. The lowest BCUT2D eigenvalue weighted by atomic mass is 9.97. The number of aliphatic hydroxyl groups is 1. The summed E-state index contributed by atoms with van der Waals surface area (Å²) in [4.78, 5) is 37.8. The van der Waals surface area contributed by atoms with Gasteiger partial charge in [-0.1, -0.05) is 47.1 Å². The van der Waals surface area contributed by atoms with Gasteiger partial charge in [-0.2, -0.15) is 0 Å². The minimum Gasteiger partial charge on any atom is -0.431 e. The molecule has 1 fully saturated rings. The standard InChI is InChI=1S/C29H32ClFN4O8/c1-17(42-29(39)43-22-5-3-2-4-6-22)41-28(38)26(36)15-21(32-27(37)25-16-35(40)34-33-25)13-18-7-9-19(10-8-18)23-14-20(30)11-12-24(23)31/h7-12,14,16-17,21-22,26,36,40H,2-6,13,15H2,1H3,(H,32,37)/t17?,21-,26-/m1/s1. The quantitative estimate of drug-likeness (QED) is 0.159. The van der Waals surface area contributed by atoms with Crippen molar-refractivity contribution in [2.24, 2.45) is 0 Å². The average Bonchev–Trinajstić information content (AvgIpc) is 3.41. The number of hydrogen-bond donors (Lipinski definition) is 3. The third-order valence-electron chi connectivity index (χ3n) is 6.86. The summed E-state index contributed by atoms with van der Waals surface area (Å²) in [5.74, 6) is -2.24. The van der Waals surface area contributed by atoms with Crippen LogP contribution in [0.2, 0.25) is 5.02 Å². The van der Waals surface area contributed by atoms with Crippen LogP contribution in [0.25, 0.3) is 11.1 Å². The van der Waals surface area contributed by atoms with E-state index in [1.165, 1.54) is 25.1 Å². The summed E-state index contributed by atoms with van der Waals surface area (Å²) < 4.78 is 29.6. The van der Waals surface area contributed by atoms with Crippen LogP contribution in [0.5, 0.6) is 0 Å². The van der Waals surface area contributed by atoms with Crippen LogP contribution in [0.4, 0.5) is 9.18 Å². The van der Waals surface area contributed by atoms with E-state index in [0.29, 0.717) is 26.6 Å². The highest BCUT2D eigenvalue weighted by Crippen LogP contribution is 2.27. The van der Waals surface area contributed by atoms with Crippen molar-refractivity contribution < 1.29 is 43.3 Å². The van der Waals surface area contributed by atoms with Crippen LogP contribution in [0, 0.1) is 5.82 Å². The molecule has 230 valence electrons. The molecule has 1 heterocycles. The van der Waals surface area contributed by atoms with E-state index in [1.807, 2.05) is 0 Å². The zero-order valence-corrected chi connectivity index (χ0v) is 24.1. The highest BCUT2D eigenvalue weighted by molar-refractivity contribution is 6.30. The molecule has 43 heavy (non-hydrogen) atoms. The number of carbonyl (C=O) groups excluding carboxylic acids is 3. The normalized spacial score (nSPS) is 15.6. The molecule has 0 saturated heterocycles. The highest BCUT2D eigenvalue weighted by Gasteiger charge is 2.28. The van der Waals surface area contributed by atoms with E-state index >= 15 is 0 Å². The fourth-order valence-corrected chi connectivity index (χ4v) is 4.92. The number of halogens is 2. The van der Waals surface area contributed by atoms with Gasteiger partial charge in [0.05, 0.1) is 6.20 Å². The van der Waals surface area contributed by atoms with Crippen LogP contribution in [-0.4, -0.2) is 68.0 Å². The second kappa shape index (κ2) is 14.8. The maximum Gasteiger partial charge on any atom is 0.511 e. The van der Waals surface area contributed by atoms with Gasteiger partial charge in [-0.25, -0.2) is 14.0 Å². The van der Waals surface area contributed by atoms with Gasteiger partial charge in [0.25, 0.3) is 5.91 Å². The molecule has 4 rings (SSSR count). The molecule has 1 aromatic heterocycles. The fraction of sp³-hybridized carbons (Fsp3) is 0.414. The number of carbonyl (C=O) groups is 3. The number of nitrogens with one attached hydrogen (secondary N) is 1. The van der Waals surface area contributed by atoms with Crippen molar-refractivity contribution in [3.05, 3.63) is 70.8 Å². The summed E-state index contributed by atoms with van der Waals surface area (Å²) in [6.45, 7) is 1.31. The van der Waals surface area contributed by atoms with Crippen LogP contribution in [0.1, 0.15) is 61.5 Å². The number of hydrogen-bond acceptors (Lipinski definition) is 10. The van der Waals surface area contributed by atoms with Crippen LogP contribution >= 0.6 is 11.6 Å². The molecule has 1 saturated carbocycles. The average molecular weight is 619 g/mol. The Labute approximate surface area is 251 Å². The van der Waals surface area contributed by atoms with Crippen LogP contribution in [-0.2, 0) is 25.4 Å². The monoisotopic (exact) mass is 618 g/mol. The lowest BCUT2D eigenvalue weighted by molar-refractivity contribution is -0.179. The first-order valence-corrected chi connectivity index (χ1v) is 14.2. The van der Waals surface area contributed by atoms with Crippen molar-refractivity contribution in [3.8, 4) is 11.1 Å². The molecule has 12 nitrogen and oxygen atoms in total.